The molecule has 1 rings (SSSR count). The van der Waals surface area contributed by atoms with Crippen molar-refractivity contribution in [3.8, 4) is 0 Å². The van der Waals surface area contributed by atoms with E-state index in [4.69, 9.17) is 4.74 Å². The van der Waals surface area contributed by atoms with Crippen LogP contribution in [0.4, 0.5) is 0 Å². The Kier molecular flexibility index (Phi) is 2.90. The molecule has 0 aliphatic carbocycles. The third kappa shape index (κ3) is 1.82. The molecule has 0 aromatic carbocycles. The predicted octanol–water partition coefficient (Wildman–Crippen LogP) is 0.893. The maximum absolute atomic E-state index is 5.21. The van der Waals surface area contributed by atoms with Gasteiger partial charge in [0, 0.05) is 26.7 Å². The van der Waals surface area contributed by atoms with E-state index in [0.29, 0.717) is 6.10 Å². The zero-order valence-corrected chi connectivity index (χ0v) is 6.55. The van der Waals surface area contributed by atoms with Crippen molar-refractivity contribution >= 4 is 0 Å². The van der Waals surface area contributed by atoms with E-state index in [0.717, 1.165) is 19.6 Å². The molecule has 1 aliphatic rings. The zero-order chi connectivity index (χ0) is 7.40. The Bertz CT molecular complexity index is 114. The number of hydrogen-bond donors (Lipinski definition) is 0. The summed E-state index contributed by atoms with van der Waals surface area (Å²) < 4.78 is 5.21. The third-order valence-electron chi connectivity index (χ3n) is 1.95. The van der Waals surface area contributed by atoms with Crippen LogP contribution in [0.25, 0.3) is 0 Å². The molecular weight excluding hydrogens is 126 g/mol. The summed E-state index contributed by atoms with van der Waals surface area (Å²) >= 11 is 0. The third-order valence-corrected chi connectivity index (χ3v) is 1.95. The monoisotopic (exact) mass is 141 g/mol. The lowest BCUT2D eigenvalue weighted by Gasteiger charge is -2.11. The molecule has 0 aromatic heterocycles. The first kappa shape index (κ1) is 7.76. The molecule has 0 amide bonds. The Balaban J connectivity index is 2.21. The standard InChI is InChI=1S/C8H15NO/c1-3-5-9-6-4-8(7-9)10-2/h3,8H,1,4-7H2,2H3/t8-/m1/s1. The molecule has 0 aromatic rings. The average Bonchev–Trinajstić information content (AvgIpc) is 2.37. The second-order valence-electron chi connectivity index (χ2n) is 2.69. The molecule has 1 heterocycles. The van der Waals surface area contributed by atoms with E-state index >= 15 is 0 Å². The van der Waals surface area contributed by atoms with E-state index in [1.54, 1.807) is 7.11 Å². The largest absolute Gasteiger partial charge is 0.380 e. The van der Waals surface area contributed by atoms with Gasteiger partial charge in [-0.2, -0.15) is 0 Å². The quantitative estimate of drug-likeness (QED) is 0.541. The minimum absolute atomic E-state index is 0.458. The lowest BCUT2D eigenvalue weighted by atomic mass is 10.3. The van der Waals surface area contributed by atoms with Crippen molar-refractivity contribution in [1.29, 1.82) is 0 Å². The number of ether oxygens (including phenoxy) is 1. The van der Waals surface area contributed by atoms with Crippen LogP contribution in [-0.2, 0) is 4.74 Å². The summed E-state index contributed by atoms with van der Waals surface area (Å²) in [6, 6.07) is 0. The number of hydrogen-bond acceptors (Lipinski definition) is 2. The molecule has 58 valence electrons. The van der Waals surface area contributed by atoms with E-state index in [1.807, 2.05) is 6.08 Å². The van der Waals surface area contributed by atoms with Gasteiger partial charge in [0.2, 0.25) is 0 Å². The Labute approximate surface area is 62.5 Å². The maximum Gasteiger partial charge on any atom is 0.0710 e. The van der Waals surface area contributed by atoms with Gasteiger partial charge in [-0.15, -0.1) is 6.58 Å². The van der Waals surface area contributed by atoms with Gasteiger partial charge < -0.3 is 4.74 Å². The molecule has 1 fully saturated rings. The minimum atomic E-state index is 0.458. The SMILES string of the molecule is C=CCN1CC[C@@H](OC)C1. The molecule has 10 heavy (non-hydrogen) atoms. The highest BCUT2D eigenvalue weighted by Crippen LogP contribution is 2.10. The summed E-state index contributed by atoms with van der Waals surface area (Å²) in [6.45, 7) is 6.92. The molecule has 1 atom stereocenters. The summed E-state index contributed by atoms with van der Waals surface area (Å²) in [4.78, 5) is 2.35. The molecule has 0 unspecified atom stereocenters. The van der Waals surface area contributed by atoms with E-state index in [-0.39, 0.29) is 0 Å². The fourth-order valence-electron chi connectivity index (χ4n) is 1.34. The van der Waals surface area contributed by atoms with Crippen LogP contribution in [0.2, 0.25) is 0 Å². The summed E-state index contributed by atoms with van der Waals surface area (Å²) in [5.74, 6) is 0. The lowest BCUT2D eigenvalue weighted by molar-refractivity contribution is 0.109. The molecule has 1 saturated heterocycles. The van der Waals surface area contributed by atoms with Gasteiger partial charge in [0.25, 0.3) is 0 Å². The predicted molar refractivity (Wildman–Crippen MR) is 42.1 cm³/mol. The van der Waals surface area contributed by atoms with Crippen molar-refractivity contribution in [3.05, 3.63) is 12.7 Å². The fourth-order valence-corrected chi connectivity index (χ4v) is 1.34. The van der Waals surface area contributed by atoms with Crippen molar-refractivity contribution in [2.45, 2.75) is 12.5 Å². The minimum Gasteiger partial charge on any atom is -0.380 e. The average molecular weight is 141 g/mol. The molecule has 0 radical (unpaired) electrons. The first-order valence-corrected chi connectivity index (χ1v) is 3.73. The Morgan fingerprint density at radius 1 is 1.80 bits per heavy atom. The summed E-state index contributed by atoms with van der Waals surface area (Å²) in [5.41, 5.74) is 0. The van der Waals surface area contributed by atoms with E-state index in [9.17, 15) is 0 Å². The van der Waals surface area contributed by atoms with Gasteiger partial charge in [0.05, 0.1) is 6.10 Å². The van der Waals surface area contributed by atoms with Crippen LogP contribution < -0.4 is 0 Å². The van der Waals surface area contributed by atoms with Crippen molar-refractivity contribution in [2.24, 2.45) is 0 Å². The molecular formula is C8H15NO. The molecule has 1 aliphatic heterocycles. The summed E-state index contributed by atoms with van der Waals surface area (Å²) in [5, 5.41) is 0. The topological polar surface area (TPSA) is 12.5 Å². The van der Waals surface area contributed by atoms with Gasteiger partial charge >= 0.3 is 0 Å². The molecule has 2 nitrogen and oxygen atoms in total. The van der Waals surface area contributed by atoms with Gasteiger partial charge in [-0.05, 0) is 6.42 Å². The fraction of sp³-hybridized carbons (Fsp3) is 0.750. The molecule has 2 heteroatoms. The highest BCUT2D eigenvalue weighted by atomic mass is 16.5. The number of rotatable bonds is 3. The first-order valence-electron chi connectivity index (χ1n) is 3.73. The van der Waals surface area contributed by atoms with Crippen LogP contribution in [0.5, 0.6) is 0 Å². The van der Waals surface area contributed by atoms with Gasteiger partial charge in [-0.1, -0.05) is 6.08 Å². The molecule has 0 spiro atoms. The van der Waals surface area contributed by atoms with Crippen LogP contribution in [0.1, 0.15) is 6.42 Å². The van der Waals surface area contributed by atoms with Gasteiger partial charge in [0.15, 0.2) is 0 Å². The number of nitrogens with zero attached hydrogens (tertiary/aromatic N) is 1. The van der Waals surface area contributed by atoms with Crippen molar-refractivity contribution in [2.75, 3.05) is 26.7 Å². The van der Waals surface area contributed by atoms with Crippen molar-refractivity contribution in [3.63, 3.8) is 0 Å². The van der Waals surface area contributed by atoms with Gasteiger partial charge in [-0.3, -0.25) is 4.90 Å². The van der Waals surface area contributed by atoms with Gasteiger partial charge in [0.1, 0.15) is 0 Å². The number of methoxy groups -OCH3 is 1. The van der Waals surface area contributed by atoms with E-state index < -0.39 is 0 Å². The zero-order valence-electron chi connectivity index (χ0n) is 6.55. The van der Waals surface area contributed by atoms with Crippen LogP contribution >= 0.6 is 0 Å². The normalized spacial score (nSPS) is 27.1. The number of likely N-dealkylation sites (tertiary alicyclic amines) is 1. The first-order chi connectivity index (χ1) is 4.86. The maximum atomic E-state index is 5.21. The lowest BCUT2D eigenvalue weighted by Crippen LogP contribution is -2.22. The van der Waals surface area contributed by atoms with Crippen molar-refractivity contribution in [1.82, 2.24) is 4.90 Å². The molecule has 0 bridgehead atoms. The second kappa shape index (κ2) is 3.74. The van der Waals surface area contributed by atoms with Crippen molar-refractivity contribution < 1.29 is 4.74 Å². The van der Waals surface area contributed by atoms with Crippen LogP contribution in [0, 0.1) is 0 Å². The van der Waals surface area contributed by atoms with Crippen LogP contribution in [0.15, 0.2) is 12.7 Å². The highest BCUT2D eigenvalue weighted by Gasteiger charge is 2.20. The smallest absolute Gasteiger partial charge is 0.0710 e. The van der Waals surface area contributed by atoms with Crippen LogP contribution in [-0.4, -0.2) is 37.7 Å². The molecule has 0 saturated carbocycles. The Morgan fingerprint density at radius 2 is 2.60 bits per heavy atom. The molecule has 0 N–H and O–H groups in total. The van der Waals surface area contributed by atoms with Crippen LogP contribution in [0.3, 0.4) is 0 Å². The van der Waals surface area contributed by atoms with E-state index in [2.05, 4.69) is 11.5 Å². The second-order valence-corrected chi connectivity index (χ2v) is 2.69. The summed E-state index contributed by atoms with van der Waals surface area (Å²) in [7, 11) is 1.78. The summed E-state index contributed by atoms with van der Waals surface area (Å²) in [6.07, 6.45) is 3.57. The van der Waals surface area contributed by atoms with E-state index in [1.165, 1.54) is 6.42 Å². The Morgan fingerprint density at radius 3 is 3.10 bits per heavy atom. The Hall–Kier alpha value is -0.340. The highest BCUT2D eigenvalue weighted by molar-refractivity contribution is 4.81. The van der Waals surface area contributed by atoms with Gasteiger partial charge in [-0.25, -0.2) is 0 Å².